The third-order valence-electron chi connectivity index (χ3n) is 5.34. The number of nitrogens with one attached hydrogen (secondary N) is 2. The number of aliphatic imine (C=N–C) groups is 1. The van der Waals surface area contributed by atoms with Crippen molar-refractivity contribution in [1.82, 2.24) is 20.4 Å². The lowest BCUT2D eigenvalue weighted by molar-refractivity contribution is -0.128. The van der Waals surface area contributed by atoms with E-state index in [0.29, 0.717) is 25.6 Å². The Morgan fingerprint density at radius 3 is 2.06 bits per heavy atom. The Morgan fingerprint density at radius 1 is 1.03 bits per heavy atom. The molecule has 0 spiro atoms. The van der Waals surface area contributed by atoms with Crippen molar-refractivity contribution < 1.29 is 14.3 Å². The number of piperidine rings is 1. The predicted molar refractivity (Wildman–Crippen MR) is 142 cm³/mol. The van der Waals surface area contributed by atoms with Crippen molar-refractivity contribution in [2.45, 2.75) is 73.8 Å². The average Bonchev–Trinajstić information content (AvgIpc) is 2.68. The third kappa shape index (κ3) is 10.6. The zero-order valence-corrected chi connectivity index (χ0v) is 23.7. The molecule has 32 heavy (non-hydrogen) atoms. The molecule has 1 heterocycles. The Hall–Kier alpha value is -1.26. The van der Waals surface area contributed by atoms with Gasteiger partial charge >= 0.3 is 6.09 Å². The number of amides is 2. The van der Waals surface area contributed by atoms with E-state index in [4.69, 9.17) is 9.73 Å². The smallest absolute Gasteiger partial charge is 0.410 e. The van der Waals surface area contributed by atoms with Gasteiger partial charge in [-0.2, -0.15) is 0 Å². The molecule has 0 bridgehead atoms. The maximum atomic E-state index is 12.4. The summed E-state index contributed by atoms with van der Waals surface area (Å²) in [5.41, 5.74) is -1.03. The van der Waals surface area contributed by atoms with Gasteiger partial charge in [-0.25, -0.2) is 4.79 Å². The highest BCUT2D eigenvalue weighted by molar-refractivity contribution is 14.0. The van der Waals surface area contributed by atoms with E-state index in [1.807, 2.05) is 48.5 Å². The minimum Gasteiger partial charge on any atom is -0.444 e. The maximum absolute atomic E-state index is 12.4. The van der Waals surface area contributed by atoms with Gasteiger partial charge in [-0.1, -0.05) is 0 Å². The summed E-state index contributed by atoms with van der Waals surface area (Å²) in [5, 5.41) is 6.26. The van der Waals surface area contributed by atoms with E-state index in [9.17, 15) is 9.59 Å². The second kappa shape index (κ2) is 14.1. The summed E-state index contributed by atoms with van der Waals surface area (Å²) in [4.78, 5) is 33.5. The fraction of sp³-hybridized carbons (Fsp3) is 0.870. The Labute approximate surface area is 212 Å². The van der Waals surface area contributed by atoms with Crippen LogP contribution in [0.25, 0.3) is 0 Å². The van der Waals surface area contributed by atoms with Crippen LogP contribution in [-0.2, 0) is 9.53 Å². The Balaban J connectivity index is 0.00000961. The van der Waals surface area contributed by atoms with Gasteiger partial charge in [0.1, 0.15) is 5.60 Å². The van der Waals surface area contributed by atoms with E-state index in [1.165, 1.54) is 0 Å². The minimum absolute atomic E-state index is 0. The topological polar surface area (TPSA) is 86.3 Å². The molecule has 1 aliphatic heterocycles. The van der Waals surface area contributed by atoms with Crippen molar-refractivity contribution >= 4 is 41.9 Å². The zero-order chi connectivity index (χ0) is 23.7. The van der Waals surface area contributed by atoms with Crippen LogP contribution in [0.15, 0.2) is 4.99 Å². The van der Waals surface area contributed by atoms with E-state index < -0.39 is 11.0 Å². The Kier molecular flexibility index (Phi) is 13.5. The van der Waals surface area contributed by atoms with Crippen molar-refractivity contribution in [2.75, 3.05) is 45.8 Å². The fourth-order valence-corrected chi connectivity index (χ4v) is 3.47. The van der Waals surface area contributed by atoms with Crippen molar-refractivity contribution in [1.29, 1.82) is 0 Å². The van der Waals surface area contributed by atoms with Crippen LogP contribution in [-0.4, -0.2) is 79.2 Å². The van der Waals surface area contributed by atoms with Gasteiger partial charge in [-0.3, -0.25) is 9.79 Å². The first-order valence-corrected chi connectivity index (χ1v) is 11.7. The molecule has 1 saturated heterocycles. The number of likely N-dealkylation sites (tertiary alicyclic amines) is 1. The molecular formula is C23H46IN5O3. The van der Waals surface area contributed by atoms with E-state index >= 15 is 0 Å². The molecule has 0 aliphatic carbocycles. The molecule has 1 fully saturated rings. The van der Waals surface area contributed by atoms with Crippen LogP contribution in [0.2, 0.25) is 0 Å². The Bertz CT molecular complexity index is 611. The molecule has 8 nitrogen and oxygen atoms in total. The molecule has 1 rings (SSSR count). The van der Waals surface area contributed by atoms with E-state index in [1.54, 1.807) is 4.90 Å². The number of halogens is 1. The third-order valence-corrected chi connectivity index (χ3v) is 5.34. The van der Waals surface area contributed by atoms with Crippen molar-refractivity contribution in [2.24, 2.45) is 16.3 Å². The highest BCUT2D eigenvalue weighted by Crippen LogP contribution is 2.21. The van der Waals surface area contributed by atoms with Crippen molar-refractivity contribution in [3.8, 4) is 0 Å². The molecule has 1 aliphatic rings. The number of hydrogen-bond acceptors (Lipinski definition) is 4. The largest absolute Gasteiger partial charge is 0.444 e. The van der Waals surface area contributed by atoms with Crippen LogP contribution in [0.3, 0.4) is 0 Å². The van der Waals surface area contributed by atoms with Gasteiger partial charge in [0.2, 0.25) is 5.91 Å². The molecule has 0 aromatic rings. The van der Waals surface area contributed by atoms with Gasteiger partial charge in [-0.05, 0) is 74.1 Å². The van der Waals surface area contributed by atoms with Crippen LogP contribution in [0.4, 0.5) is 4.79 Å². The second-order valence-electron chi connectivity index (χ2n) is 9.86. The molecule has 0 atom stereocenters. The monoisotopic (exact) mass is 567 g/mol. The molecule has 0 aromatic heterocycles. The number of nitrogens with zero attached hydrogens (tertiary/aromatic N) is 3. The van der Waals surface area contributed by atoms with Gasteiger partial charge < -0.3 is 25.2 Å². The lowest BCUT2D eigenvalue weighted by Gasteiger charge is -2.37. The van der Waals surface area contributed by atoms with Crippen LogP contribution in [0.5, 0.6) is 0 Å². The molecule has 2 amide bonds. The van der Waals surface area contributed by atoms with Crippen LogP contribution in [0, 0.1) is 11.3 Å². The first-order chi connectivity index (χ1) is 14.4. The minimum atomic E-state index is -0.552. The zero-order valence-electron chi connectivity index (χ0n) is 21.4. The Morgan fingerprint density at radius 2 is 1.59 bits per heavy atom. The number of ether oxygens (including phenoxy) is 1. The summed E-state index contributed by atoms with van der Waals surface area (Å²) in [5.74, 6) is 1.33. The maximum Gasteiger partial charge on any atom is 0.410 e. The van der Waals surface area contributed by atoms with Gasteiger partial charge in [0.05, 0.1) is 12.0 Å². The van der Waals surface area contributed by atoms with Gasteiger partial charge in [0, 0.05) is 39.3 Å². The first-order valence-electron chi connectivity index (χ1n) is 11.7. The van der Waals surface area contributed by atoms with E-state index in [-0.39, 0.29) is 36.0 Å². The summed E-state index contributed by atoms with van der Waals surface area (Å²) in [7, 11) is 0. The highest BCUT2D eigenvalue weighted by Gasteiger charge is 2.29. The van der Waals surface area contributed by atoms with Crippen molar-refractivity contribution in [3.05, 3.63) is 0 Å². The van der Waals surface area contributed by atoms with Crippen LogP contribution < -0.4 is 10.6 Å². The number of carbonyl (C=O) groups excluding carboxylic acids is 2. The molecular weight excluding hydrogens is 521 g/mol. The second-order valence-corrected chi connectivity index (χ2v) is 9.86. The highest BCUT2D eigenvalue weighted by atomic mass is 127. The summed E-state index contributed by atoms with van der Waals surface area (Å²) in [6, 6.07) is 0. The van der Waals surface area contributed by atoms with Crippen LogP contribution in [0.1, 0.15) is 68.2 Å². The summed E-state index contributed by atoms with van der Waals surface area (Å²) in [6.45, 7) is 20.5. The quantitative estimate of drug-likeness (QED) is 0.266. The van der Waals surface area contributed by atoms with Gasteiger partial charge in [-0.15, -0.1) is 24.0 Å². The summed E-state index contributed by atoms with van der Waals surface area (Å²) >= 11 is 0. The number of carbonyl (C=O) groups is 2. The standard InChI is InChI=1S/C23H45N5O3.HI/c1-9-24-19(29)23(7,8)17-26-20(25-10-2)28-14-12-18(13-15-28)16-27(11-3)21(30)31-22(4,5)6;/h18H,9-17H2,1-8H3,(H,24,29)(H,25,26);1H. The van der Waals surface area contributed by atoms with E-state index in [0.717, 1.165) is 45.0 Å². The van der Waals surface area contributed by atoms with Gasteiger partial charge in [0.25, 0.3) is 0 Å². The average molecular weight is 568 g/mol. The van der Waals surface area contributed by atoms with Crippen molar-refractivity contribution in [3.63, 3.8) is 0 Å². The predicted octanol–water partition coefficient (Wildman–Crippen LogP) is 3.70. The molecule has 0 radical (unpaired) electrons. The normalized spacial score (nSPS) is 15.6. The van der Waals surface area contributed by atoms with Gasteiger partial charge in [0.15, 0.2) is 5.96 Å². The lowest BCUT2D eigenvalue weighted by atomic mass is 9.92. The first kappa shape index (κ1) is 30.7. The molecule has 0 saturated carbocycles. The molecule has 0 unspecified atom stereocenters. The molecule has 2 N–H and O–H groups in total. The molecule has 9 heteroatoms. The molecule has 188 valence electrons. The fourth-order valence-electron chi connectivity index (χ4n) is 3.47. The lowest BCUT2D eigenvalue weighted by Crippen LogP contribution is -2.48. The van der Waals surface area contributed by atoms with Crippen LogP contribution >= 0.6 is 24.0 Å². The number of guanidine groups is 1. The van der Waals surface area contributed by atoms with E-state index in [2.05, 4.69) is 22.5 Å². The molecule has 0 aromatic carbocycles. The SMILES string of the molecule is CCNC(=O)C(C)(C)CN=C(NCC)N1CCC(CN(CC)C(=O)OC(C)(C)C)CC1.I. The number of hydrogen-bond donors (Lipinski definition) is 2. The summed E-state index contributed by atoms with van der Waals surface area (Å²) in [6.07, 6.45) is 1.74. The summed E-state index contributed by atoms with van der Waals surface area (Å²) < 4.78 is 5.54. The number of rotatable bonds is 8.